The molecule has 23 heavy (non-hydrogen) atoms. The molecule has 5 nitrogen and oxygen atoms in total. The Kier molecular flexibility index (Phi) is 5.22. The van der Waals surface area contributed by atoms with E-state index in [1.54, 1.807) is 29.5 Å². The number of benzene rings is 1. The van der Waals surface area contributed by atoms with E-state index in [1.165, 1.54) is 11.8 Å². The van der Waals surface area contributed by atoms with E-state index in [9.17, 15) is 4.79 Å². The quantitative estimate of drug-likeness (QED) is 0.631. The van der Waals surface area contributed by atoms with Gasteiger partial charge in [-0.2, -0.15) is 0 Å². The van der Waals surface area contributed by atoms with Crippen LogP contribution in [0.15, 0.2) is 40.9 Å². The number of hydrogen-bond acceptors (Lipinski definition) is 5. The van der Waals surface area contributed by atoms with E-state index < -0.39 is 0 Å². The van der Waals surface area contributed by atoms with E-state index in [2.05, 4.69) is 20.5 Å². The topological polar surface area (TPSA) is 70.7 Å². The fraction of sp³-hybridized carbons (Fsp3) is 0.0714. The molecule has 9 heteroatoms. The van der Waals surface area contributed by atoms with Crippen LogP contribution in [-0.4, -0.2) is 26.8 Å². The molecule has 0 saturated carbocycles. The van der Waals surface area contributed by atoms with E-state index in [4.69, 9.17) is 23.2 Å². The Hall–Kier alpha value is -1.54. The Bertz CT molecular complexity index is 820. The third-order valence-electron chi connectivity index (χ3n) is 2.78. The van der Waals surface area contributed by atoms with Crippen LogP contribution < -0.4 is 5.32 Å². The molecule has 3 aromatic rings. The van der Waals surface area contributed by atoms with Crippen molar-refractivity contribution >= 4 is 57.9 Å². The second-order valence-electron chi connectivity index (χ2n) is 4.38. The first-order valence-corrected chi connectivity index (χ1v) is 9.08. The van der Waals surface area contributed by atoms with Gasteiger partial charge in [0.2, 0.25) is 11.1 Å². The molecule has 0 radical (unpaired) electrons. The van der Waals surface area contributed by atoms with Crippen LogP contribution in [0.2, 0.25) is 10.0 Å². The van der Waals surface area contributed by atoms with E-state index >= 15 is 0 Å². The highest BCUT2D eigenvalue weighted by molar-refractivity contribution is 7.99. The van der Waals surface area contributed by atoms with Gasteiger partial charge in [0.1, 0.15) is 0 Å². The first kappa shape index (κ1) is 16.3. The molecule has 2 heterocycles. The van der Waals surface area contributed by atoms with Gasteiger partial charge in [-0.25, -0.2) is 4.98 Å². The number of thioether (sulfide) groups is 1. The molecule has 0 spiro atoms. The number of thiophene rings is 1. The van der Waals surface area contributed by atoms with Crippen molar-refractivity contribution in [3.8, 4) is 10.7 Å². The molecular formula is C14H10Cl2N4OS2. The molecule has 0 aliphatic heterocycles. The molecule has 0 atom stereocenters. The lowest BCUT2D eigenvalue weighted by molar-refractivity contribution is -0.113. The van der Waals surface area contributed by atoms with Gasteiger partial charge in [0.25, 0.3) is 0 Å². The second-order valence-corrected chi connectivity index (χ2v) is 7.06. The Morgan fingerprint density at radius 3 is 2.96 bits per heavy atom. The van der Waals surface area contributed by atoms with Crippen molar-refractivity contribution in [2.45, 2.75) is 5.16 Å². The zero-order valence-corrected chi connectivity index (χ0v) is 14.7. The number of carbonyl (C=O) groups excluding carboxylic acids is 1. The SMILES string of the molecule is O=C(CSc1n[nH]c(-c2cccs2)n1)Nc1cccc(Cl)c1Cl. The number of nitrogens with zero attached hydrogens (tertiary/aromatic N) is 2. The minimum absolute atomic E-state index is 0.171. The van der Waals surface area contributed by atoms with Gasteiger partial charge in [-0.05, 0) is 23.6 Å². The summed E-state index contributed by atoms with van der Waals surface area (Å²) < 4.78 is 0. The summed E-state index contributed by atoms with van der Waals surface area (Å²) in [7, 11) is 0. The number of hydrogen-bond donors (Lipinski definition) is 2. The summed E-state index contributed by atoms with van der Waals surface area (Å²) in [5.41, 5.74) is 0.485. The van der Waals surface area contributed by atoms with Gasteiger partial charge in [-0.15, -0.1) is 16.4 Å². The van der Waals surface area contributed by atoms with E-state index in [0.717, 1.165) is 4.88 Å². The summed E-state index contributed by atoms with van der Waals surface area (Å²) in [6, 6.07) is 8.97. The van der Waals surface area contributed by atoms with Crippen molar-refractivity contribution < 1.29 is 4.79 Å². The first-order valence-electron chi connectivity index (χ1n) is 6.46. The Labute approximate surface area is 150 Å². The number of carbonyl (C=O) groups is 1. The summed E-state index contributed by atoms with van der Waals surface area (Å²) in [5.74, 6) is 0.660. The minimum atomic E-state index is -0.207. The molecule has 1 amide bonds. The number of nitrogens with one attached hydrogen (secondary N) is 2. The monoisotopic (exact) mass is 384 g/mol. The molecule has 2 N–H and O–H groups in total. The summed E-state index contributed by atoms with van der Waals surface area (Å²) in [6.07, 6.45) is 0. The maximum atomic E-state index is 12.0. The van der Waals surface area contributed by atoms with Gasteiger partial charge in [0.15, 0.2) is 5.82 Å². The standard InChI is InChI=1S/C14H10Cl2N4OS2/c15-8-3-1-4-9(12(8)16)17-11(21)7-23-14-18-13(19-20-14)10-5-2-6-22-10/h1-6H,7H2,(H,17,21)(H,18,19,20). The molecule has 1 aromatic carbocycles. The normalized spacial score (nSPS) is 10.7. The Morgan fingerprint density at radius 2 is 2.17 bits per heavy atom. The van der Waals surface area contributed by atoms with Crippen LogP contribution in [0.5, 0.6) is 0 Å². The molecule has 2 aromatic heterocycles. The van der Waals surface area contributed by atoms with Crippen LogP contribution in [0, 0.1) is 0 Å². The molecule has 0 aliphatic carbocycles. The van der Waals surface area contributed by atoms with E-state index in [1.807, 2.05) is 17.5 Å². The third-order valence-corrected chi connectivity index (χ3v) is 5.32. The smallest absolute Gasteiger partial charge is 0.234 e. The van der Waals surface area contributed by atoms with Crippen molar-refractivity contribution in [3.63, 3.8) is 0 Å². The lowest BCUT2D eigenvalue weighted by Crippen LogP contribution is -2.14. The molecule has 118 valence electrons. The maximum absolute atomic E-state index is 12.0. The van der Waals surface area contributed by atoms with Crippen LogP contribution in [0.3, 0.4) is 0 Å². The van der Waals surface area contributed by atoms with Gasteiger partial charge < -0.3 is 5.32 Å². The second kappa shape index (κ2) is 7.35. The van der Waals surface area contributed by atoms with E-state index in [-0.39, 0.29) is 11.7 Å². The summed E-state index contributed by atoms with van der Waals surface area (Å²) in [4.78, 5) is 17.3. The van der Waals surface area contributed by atoms with Gasteiger partial charge in [-0.3, -0.25) is 9.89 Å². The fourth-order valence-corrected chi connectivity index (χ4v) is 3.36. The average Bonchev–Trinajstić information content (AvgIpc) is 3.20. The molecular weight excluding hydrogens is 375 g/mol. The number of amides is 1. The molecule has 3 rings (SSSR count). The van der Waals surface area contributed by atoms with Crippen LogP contribution in [-0.2, 0) is 4.79 Å². The Morgan fingerprint density at radius 1 is 1.30 bits per heavy atom. The van der Waals surface area contributed by atoms with Gasteiger partial charge in [0, 0.05) is 0 Å². The number of aromatic amines is 1. The molecule has 0 fully saturated rings. The van der Waals surface area contributed by atoms with Gasteiger partial charge in [0.05, 0.1) is 26.4 Å². The number of rotatable bonds is 5. The van der Waals surface area contributed by atoms with Crippen molar-refractivity contribution in [2.24, 2.45) is 0 Å². The summed E-state index contributed by atoms with van der Waals surface area (Å²) in [6.45, 7) is 0. The van der Waals surface area contributed by atoms with Crippen molar-refractivity contribution in [3.05, 3.63) is 45.8 Å². The predicted molar refractivity (Wildman–Crippen MR) is 95.5 cm³/mol. The lowest BCUT2D eigenvalue weighted by atomic mass is 10.3. The highest BCUT2D eigenvalue weighted by Gasteiger charge is 2.11. The minimum Gasteiger partial charge on any atom is -0.324 e. The van der Waals surface area contributed by atoms with Crippen molar-refractivity contribution in [1.82, 2.24) is 15.2 Å². The number of aromatic nitrogens is 3. The van der Waals surface area contributed by atoms with Crippen molar-refractivity contribution in [1.29, 1.82) is 0 Å². The van der Waals surface area contributed by atoms with Gasteiger partial charge >= 0.3 is 0 Å². The van der Waals surface area contributed by atoms with Crippen LogP contribution >= 0.6 is 46.3 Å². The van der Waals surface area contributed by atoms with E-state index in [0.29, 0.717) is 26.7 Å². The van der Waals surface area contributed by atoms with Crippen molar-refractivity contribution in [2.75, 3.05) is 11.1 Å². The highest BCUT2D eigenvalue weighted by Crippen LogP contribution is 2.29. The molecule has 0 bridgehead atoms. The Balaban J connectivity index is 1.58. The largest absolute Gasteiger partial charge is 0.324 e. The maximum Gasteiger partial charge on any atom is 0.234 e. The third kappa shape index (κ3) is 4.06. The summed E-state index contributed by atoms with van der Waals surface area (Å²) >= 11 is 14.8. The average molecular weight is 385 g/mol. The van der Waals surface area contributed by atoms with Crippen LogP contribution in [0.1, 0.15) is 0 Å². The first-order chi connectivity index (χ1) is 11.1. The zero-order chi connectivity index (χ0) is 16.2. The lowest BCUT2D eigenvalue weighted by Gasteiger charge is -2.07. The highest BCUT2D eigenvalue weighted by atomic mass is 35.5. The molecule has 0 aliphatic rings. The summed E-state index contributed by atoms with van der Waals surface area (Å²) in [5, 5.41) is 12.9. The predicted octanol–water partition coefficient (Wildman–Crippen LogP) is 4.57. The van der Waals surface area contributed by atoms with Crippen LogP contribution in [0.25, 0.3) is 10.7 Å². The number of halogens is 2. The molecule has 0 saturated heterocycles. The van der Waals surface area contributed by atoms with Crippen LogP contribution in [0.4, 0.5) is 5.69 Å². The number of anilines is 1. The molecule has 0 unspecified atom stereocenters. The fourth-order valence-electron chi connectivity index (χ4n) is 1.75. The zero-order valence-electron chi connectivity index (χ0n) is 11.5. The number of H-pyrrole nitrogens is 1. The van der Waals surface area contributed by atoms with Gasteiger partial charge in [-0.1, -0.05) is 47.1 Å².